The maximum atomic E-state index is 12.7. The fraction of sp³-hybridized carbons (Fsp3) is 0.294. The van der Waals surface area contributed by atoms with E-state index in [1.165, 1.54) is 12.0 Å². The van der Waals surface area contributed by atoms with Gasteiger partial charge in [0.25, 0.3) is 0 Å². The van der Waals surface area contributed by atoms with E-state index in [1.807, 2.05) is 11.4 Å². The average Bonchev–Trinajstić information content (AvgIpc) is 3.08. The second-order valence-corrected chi connectivity index (χ2v) is 6.33. The number of esters is 1. The number of urea groups is 1. The van der Waals surface area contributed by atoms with Gasteiger partial charge in [-0.1, -0.05) is 6.07 Å². The Morgan fingerprint density at radius 2 is 2.12 bits per heavy atom. The molecule has 0 radical (unpaired) electrons. The predicted octanol–water partition coefficient (Wildman–Crippen LogP) is 3.06. The molecule has 1 N–H and O–H groups in total. The van der Waals surface area contributed by atoms with E-state index in [1.54, 1.807) is 42.7 Å². The van der Waals surface area contributed by atoms with Crippen LogP contribution in [0.4, 0.5) is 10.5 Å². The van der Waals surface area contributed by atoms with Crippen LogP contribution in [0.5, 0.6) is 5.75 Å². The standard InChI is InChI=1S/C17H18N2O4S/c1-22-12-5-3-4-11(10-12)18-17(21)19-8-6-14-13(7-9-24-14)15(19)16(20)23-2/h3-5,7,9-10,15H,6,8H2,1-2H3,(H,18,21). The molecule has 3 rings (SSSR count). The van der Waals surface area contributed by atoms with E-state index < -0.39 is 12.0 Å². The molecule has 2 aromatic rings. The van der Waals surface area contributed by atoms with Gasteiger partial charge in [-0.2, -0.15) is 0 Å². The number of methoxy groups -OCH3 is 2. The number of anilines is 1. The minimum Gasteiger partial charge on any atom is -0.497 e. The number of fused-ring (bicyclic) bond motifs is 1. The minimum atomic E-state index is -0.712. The Kier molecular flexibility index (Phi) is 4.71. The third kappa shape index (κ3) is 3.07. The van der Waals surface area contributed by atoms with E-state index in [4.69, 9.17) is 9.47 Å². The lowest BCUT2D eigenvalue weighted by atomic mass is 10.0. The summed E-state index contributed by atoms with van der Waals surface area (Å²) in [4.78, 5) is 27.6. The van der Waals surface area contributed by atoms with Gasteiger partial charge in [0, 0.05) is 23.2 Å². The highest BCUT2D eigenvalue weighted by Gasteiger charge is 2.37. The van der Waals surface area contributed by atoms with Crippen molar-refractivity contribution in [3.63, 3.8) is 0 Å². The first-order valence-electron chi connectivity index (χ1n) is 7.50. The first-order valence-corrected chi connectivity index (χ1v) is 8.37. The van der Waals surface area contributed by atoms with Crippen molar-refractivity contribution in [2.75, 3.05) is 26.1 Å². The van der Waals surface area contributed by atoms with Crippen molar-refractivity contribution in [2.45, 2.75) is 12.5 Å². The van der Waals surface area contributed by atoms with E-state index in [0.29, 0.717) is 18.0 Å². The summed E-state index contributed by atoms with van der Waals surface area (Å²) in [5, 5.41) is 4.76. The van der Waals surface area contributed by atoms with E-state index in [2.05, 4.69) is 5.32 Å². The van der Waals surface area contributed by atoms with Crippen LogP contribution in [0.15, 0.2) is 35.7 Å². The zero-order valence-electron chi connectivity index (χ0n) is 13.4. The summed E-state index contributed by atoms with van der Waals surface area (Å²) in [7, 11) is 2.90. The van der Waals surface area contributed by atoms with Gasteiger partial charge in [0.15, 0.2) is 6.04 Å². The van der Waals surface area contributed by atoms with Gasteiger partial charge in [-0.15, -0.1) is 11.3 Å². The molecule has 1 aromatic carbocycles. The first kappa shape index (κ1) is 16.3. The Balaban J connectivity index is 1.84. The van der Waals surface area contributed by atoms with Crippen LogP contribution in [0, 0.1) is 0 Å². The zero-order chi connectivity index (χ0) is 17.1. The molecule has 0 saturated heterocycles. The van der Waals surface area contributed by atoms with Crippen LogP contribution >= 0.6 is 11.3 Å². The SMILES string of the molecule is COC(=O)C1c2ccsc2CCN1C(=O)Nc1cccc(OC)c1. The predicted molar refractivity (Wildman–Crippen MR) is 91.5 cm³/mol. The normalized spacial score (nSPS) is 16.2. The molecule has 2 heterocycles. The molecule has 7 heteroatoms. The summed E-state index contributed by atoms with van der Waals surface area (Å²) >= 11 is 1.60. The van der Waals surface area contributed by atoms with Crippen molar-refractivity contribution in [1.82, 2.24) is 4.90 Å². The smallest absolute Gasteiger partial charge is 0.333 e. The van der Waals surface area contributed by atoms with Gasteiger partial charge in [0.2, 0.25) is 0 Å². The van der Waals surface area contributed by atoms with Crippen molar-refractivity contribution in [3.8, 4) is 5.75 Å². The van der Waals surface area contributed by atoms with Gasteiger partial charge in [0.05, 0.1) is 14.2 Å². The molecule has 2 amide bonds. The molecule has 126 valence electrons. The Bertz CT molecular complexity index is 759. The van der Waals surface area contributed by atoms with Crippen LogP contribution in [0.2, 0.25) is 0 Å². The summed E-state index contributed by atoms with van der Waals surface area (Å²) in [6.07, 6.45) is 0.728. The number of ether oxygens (including phenoxy) is 2. The number of benzene rings is 1. The van der Waals surface area contributed by atoms with Gasteiger partial charge < -0.3 is 19.7 Å². The fourth-order valence-corrected chi connectivity index (χ4v) is 3.70. The third-order valence-corrected chi connectivity index (χ3v) is 4.97. The Morgan fingerprint density at radius 1 is 1.29 bits per heavy atom. The third-order valence-electron chi connectivity index (χ3n) is 3.97. The number of carbonyl (C=O) groups excluding carboxylic acids is 2. The van der Waals surface area contributed by atoms with Gasteiger partial charge in [-0.05, 0) is 35.6 Å². The molecule has 0 saturated carbocycles. The molecule has 1 aromatic heterocycles. The largest absolute Gasteiger partial charge is 0.497 e. The molecule has 0 aliphatic carbocycles. The lowest BCUT2D eigenvalue weighted by Gasteiger charge is -2.33. The number of hydrogen-bond donors (Lipinski definition) is 1. The van der Waals surface area contributed by atoms with Crippen LogP contribution < -0.4 is 10.1 Å². The van der Waals surface area contributed by atoms with Crippen molar-refractivity contribution in [3.05, 3.63) is 46.2 Å². The van der Waals surface area contributed by atoms with Crippen LogP contribution in [-0.2, 0) is 16.0 Å². The summed E-state index contributed by atoms with van der Waals surface area (Å²) in [5.41, 5.74) is 1.46. The van der Waals surface area contributed by atoms with Crippen molar-refractivity contribution >= 4 is 29.0 Å². The molecule has 6 nitrogen and oxygen atoms in total. The topological polar surface area (TPSA) is 67.9 Å². The number of nitrogens with zero attached hydrogens (tertiary/aromatic N) is 1. The van der Waals surface area contributed by atoms with Crippen molar-refractivity contribution in [2.24, 2.45) is 0 Å². The molecule has 0 fully saturated rings. The maximum absolute atomic E-state index is 12.7. The second kappa shape index (κ2) is 6.92. The quantitative estimate of drug-likeness (QED) is 0.868. The van der Waals surface area contributed by atoms with Crippen molar-refractivity contribution < 1.29 is 19.1 Å². The van der Waals surface area contributed by atoms with Gasteiger partial charge in [-0.25, -0.2) is 9.59 Å². The highest BCUT2D eigenvalue weighted by Crippen LogP contribution is 2.34. The zero-order valence-corrected chi connectivity index (χ0v) is 14.3. The van der Waals surface area contributed by atoms with Crippen molar-refractivity contribution in [1.29, 1.82) is 0 Å². The summed E-state index contributed by atoms with van der Waals surface area (Å²) in [5.74, 6) is 0.214. The highest BCUT2D eigenvalue weighted by molar-refractivity contribution is 7.10. The maximum Gasteiger partial charge on any atom is 0.333 e. The molecule has 0 spiro atoms. The highest BCUT2D eigenvalue weighted by atomic mass is 32.1. The molecule has 1 aliphatic rings. The number of hydrogen-bond acceptors (Lipinski definition) is 5. The molecular weight excluding hydrogens is 328 g/mol. The second-order valence-electron chi connectivity index (χ2n) is 5.33. The lowest BCUT2D eigenvalue weighted by molar-refractivity contribution is -0.146. The summed E-state index contributed by atoms with van der Waals surface area (Å²) in [6.45, 7) is 0.461. The van der Waals surface area contributed by atoms with E-state index in [9.17, 15) is 9.59 Å². The summed E-state index contributed by atoms with van der Waals surface area (Å²) in [6, 6.07) is 7.92. The number of thiophene rings is 1. The summed E-state index contributed by atoms with van der Waals surface area (Å²) < 4.78 is 10.1. The van der Waals surface area contributed by atoms with Crippen LogP contribution in [0.25, 0.3) is 0 Å². The van der Waals surface area contributed by atoms with Gasteiger partial charge >= 0.3 is 12.0 Å². The lowest BCUT2D eigenvalue weighted by Crippen LogP contribution is -2.45. The fourth-order valence-electron chi connectivity index (χ4n) is 2.80. The van der Waals surface area contributed by atoms with E-state index in [0.717, 1.165) is 16.9 Å². The molecule has 1 aliphatic heterocycles. The Labute approximate surface area is 144 Å². The number of rotatable bonds is 3. The number of nitrogens with one attached hydrogen (secondary N) is 1. The van der Waals surface area contributed by atoms with E-state index >= 15 is 0 Å². The monoisotopic (exact) mass is 346 g/mol. The molecule has 0 bridgehead atoms. The van der Waals surface area contributed by atoms with Crippen LogP contribution in [-0.4, -0.2) is 37.7 Å². The first-order chi connectivity index (χ1) is 11.6. The minimum absolute atomic E-state index is 0.337. The average molecular weight is 346 g/mol. The number of carbonyl (C=O) groups is 2. The molecule has 1 atom stereocenters. The van der Waals surface area contributed by atoms with Gasteiger partial charge in [0.1, 0.15) is 5.75 Å². The van der Waals surface area contributed by atoms with Crippen LogP contribution in [0.1, 0.15) is 16.5 Å². The Hall–Kier alpha value is -2.54. The van der Waals surface area contributed by atoms with Gasteiger partial charge in [-0.3, -0.25) is 0 Å². The molecule has 1 unspecified atom stereocenters. The number of amides is 2. The molecule has 24 heavy (non-hydrogen) atoms. The van der Waals surface area contributed by atoms with Crippen LogP contribution in [0.3, 0.4) is 0 Å². The molecular formula is C17H18N2O4S. The van der Waals surface area contributed by atoms with E-state index in [-0.39, 0.29) is 6.03 Å². The Morgan fingerprint density at radius 3 is 2.88 bits per heavy atom.